The van der Waals surface area contributed by atoms with E-state index >= 15 is 0 Å². The number of nitrogens with two attached hydrogens (primary N) is 1. The number of hydrogen-bond donors (Lipinski definition) is 2. The number of amides is 2. The van der Waals surface area contributed by atoms with Gasteiger partial charge in [0.25, 0.3) is 0 Å². The molecule has 1 saturated heterocycles. The molecule has 0 aliphatic carbocycles. The van der Waals surface area contributed by atoms with Gasteiger partial charge >= 0.3 is 0 Å². The molecule has 1 aromatic rings. The Morgan fingerprint density at radius 1 is 1.50 bits per heavy atom. The van der Waals surface area contributed by atoms with Crippen LogP contribution in [-0.4, -0.2) is 60.9 Å². The summed E-state index contributed by atoms with van der Waals surface area (Å²) in [7, 11) is 0. The van der Waals surface area contributed by atoms with Gasteiger partial charge in [-0.25, -0.2) is 0 Å². The maximum Gasteiger partial charge on any atom is 0.239 e. The van der Waals surface area contributed by atoms with Crippen molar-refractivity contribution in [1.29, 1.82) is 0 Å². The van der Waals surface area contributed by atoms with Gasteiger partial charge in [0.05, 0.1) is 19.6 Å². The molecule has 3 N–H and O–H groups in total. The fourth-order valence-electron chi connectivity index (χ4n) is 2.92. The second-order valence-corrected chi connectivity index (χ2v) is 7.77. The quantitative estimate of drug-likeness (QED) is 0.728. The molecule has 1 atom stereocenters. The smallest absolute Gasteiger partial charge is 0.239 e. The number of nitrogens with zero attached hydrogens (tertiary/aromatic N) is 2. The number of rotatable bonds is 8. The molecular formula is C17H28N4O2S. The van der Waals surface area contributed by atoms with Gasteiger partial charge in [-0.05, 0) is 43.3 Å². The summed E-state index contributed by atoms with van der Waals surface area (Å²) < 4.78 is 0. The molecule has 1 unspecified atom stereocenters. The molecule has 24 heavy (non-hydrogen) atoms. The van der Waals surface area contributed by atoms with E-state index in [1.54, 1.807) is 16.2 Å². The topological polar surface area (TPSA) is 78.7 Å². The average Bonchev–Trinajstić information content (AvgIpc) is 3.21. The zero-order chi connectivity index (χ0) is 17.6. The van der Waals surface area contributed by atoms with Crippen LogP contribution in [0, 0.1) is 5.41 Å². The van der Waals surface area contributed by atoms with Crippen LogP contribution >= 0.6 is 11.3 Å². The molecule has 0 bridgehead atoms. The minimum Gasteiger partial charge on any atom is -0.350 e. The van der Waals surface area contributed by atoms with Gasteiger partial charge in [0, 0.05) is 18.0 Å². The van der Waals surface area contributed by atoms with Gasteiger partial charge < -0.3 is 16.0 Å². The van der Waals surface area contributed by atoms with E-state index in [-0.39, 0.29) is 23.8 Å². The maximum atomic E-state index is 12.5. The molecule has 0 saturated carbocycles. The third kappa shape index (κ3) is 5.29. The summed E-state index contributed by atoms with van der Waals surface area (Å²) in [5.74, 6) is -0.114. The highest BCUT2D eigenvalue weighted by molar-refractivity contribution is 7.09. The summed E-state index contributed by atoms with van der Waals surface area (Å²) in [4.78, 5) is 29.4. The lowest BCUT2D eigenvalue weighted by Crippen LogP contribution is -2.45. The molecule has 2 rings (SSSR count). The van der Waals surface area contributed by atoms with Gasteiger partial charge in [0.15, 0.2) is 0 Å². The predicted molar refractivity (Wildman–Crippen MR) is 96.6 cm³/mol. The Labute approximate surface area is 148 Å². The first-order chi connectivity index (χ1) is 11.5. The Morgan fingerprint density at radius 2 is 2.29 bits per heavy atom. The van der Waals surface area contributed by atoms with E-state index in [4.69, 9.17) is 5.73 Å². The summed E-state index contributed by atoms with van der Waals surface area (Å²) in [6, 6.07) is 3.94. The van der Waals surface area contributed by atoms with E-state index < -0.39 is 0 Å². The van der Waals surface area contributed by atoms with Crippen LogP contribution in [0.1, 0.15) is 25.1 Å². The fraction of sp³-hybridized carbons (Fsp3) is 0.647. The second kappa shape index (κ2) is 8.60. The summed E-state index contributed by atoms with van der Waals surface area (Å²) in [5.41, 5.74) is 5.92. The lowest BCUT2D eigenvalue weighted by Gasteiger charge is -2.25. The fourth-order valence-corrected chi connectivity index (χ4v) is 3.57. The molecule has 6 nitrogen and oxygen atoms in total. The molecule has 1 aliphatic heterocycles. The van der Waals surface area contributed by atoms with Crippen molar-refractivity contribution in [2.75, 3.05) is 39.3 Å². The Hall–Kier alpha value is -1.44. The van der Waals surface area contributed by atoms with E-state index in [9.17, 15) is 9.59 Å². The maximum absolute atomic E-state index is 12.5. The molecule has 134 valence electrons. The van der Waals surface area contributed by atoms with Gasteiger partial charge in [-0.15, -0.1) is 11.3 Å². The van der Waals surface area contributed by atoms with Crippen molar-refractivity contribution in [3.8, 4) is 0 Å². The van der Waals surface area contributed by atoms with Crippen LogP contribution in [0.25, 0.3) is 0 Å². The van der Waals surface area contributed by atoms with Crippen molar-refractivity contribution in [2.24, 2.45) is 11.1 Å². The highest BCUT2D eigenvalue weighted by Gasteiger charge is 2.33. The Bertz CT molecular complexity index is 549. The first-order valence-corrected chi connectivity index (χ1v) is 9.33. The summed E-state index contributed by atoms with van der Waals surface area (Å²) in [5, 5.41) is 4.85. The Kier molecular flexibility index (Phi) is 6.77. The van der Waals surface area contributed by atoms with Crippen LogP contribution in [0.15, 0.2) is 17.5 Å². The van der Waals surface area contributed by atoms with E-state index in [1.165, 1.54) is 0 Å². The SMILES string of the molecule is CCN(CC(=O)NCc1cccs1)C(=O)CN1CCC(C)(CN)C1. The number of likely N-dealkylation sites (tertiary alicyclic amines) is 1. The van der Waals surface area contributed by atoms with Crippen molar-refractivity contribution in [1.82, 2.24) is 15.1 Å². The summed E-state index contributed by atoms with van der Waals surface area (Å²) in [6.45, 7) is 7.96. The lowest BCUT2D eigenvalue weighted by atomic mass is 9.90. The van der Waals surface area contributed by atoms with Crippen molar-refractivity contribution in [2.45, 2.75) is 26.8 Å². The zero-order valence-corrected chi connectivity index (χ0v) is 15.4. The van der Waals surface area contributed by atoms with Crippen LogP contribution in [0.5, 0.6) is 0 Å². The zero-order valence-electron chi connectivity index (χ0n) is 14.6. The van der Waals surface area contributed by atoms with Gasteiger partial charge in [-0.1, -0.05) is 13.0 Å². The van der Waals surface area contributed by atoms with Gasteiger partial charge in [0.1, 0.15) is 0 Å². The minimum atomic E-state index is -0.119. The van der Waals surface area contributed by atoms with Crippen molar-refractivity contribution >= 4 is 23.2 Å². The second-order valence-electron chi connectivity index (χ2n) is 6.74. The molecule has 1 aliphatic rings. The number of thiophene rings is 1. The third-order valence-corrected chi connectivity index (χ3v) is 5.47. The number of hydrogen-bond acceptors (Lipinski definition) is 5. The molecular weight excluding hydrogens is 324 g/mol. The van der Waals surface area contributed by atoms with Crippen LogP contribution in [0.4, 0.5) is 0 Å². The van der Waals surface area contributed by atoms with Crippen molar-refractivity contribution < 1.29 is 9.59 Å². The van der Waals surface area contributed by atoms with E-state index in [1.807, 2.05) is 24.4 Å². The molecule has 0 aromatic carbocycles. The van der Waals surface area contributed by atoms with Crippen LogP contribution in [0.3, 0.4) is 0 Å². The normalized spacial score (nSPS) is 21.0. The largest absolute Gasteiger partial charge is 0.350 e. The van der Waals surface area contributed by atoms with E-state index in [2.05, 4.69) is 17.1 Å². The summed E-state index contributed by atoms with van der Waals surface area (Å²) in [6.07, 6.45) is 1.02. The number of carbonyl (C=O) groups excluding carboxylic acids is 2. The lowest BCUT2D eigenvalue weighted by molar-refractivity contribution is -0.136. The first-order valence-electron chi connectivity index (χ1n) is 8.45. The van der Waals surface area contributed by atoms with E-state index in [0.29, 0.717) is 26.2 Å². The predicted octanol–water partition coefficient (Wildman–Crippen LogP) is 0.884. The van der Waals surface area contributed by atoms with Crippen LogP contribution < -0.4 is 11.1 Å². The Balaban J connectivity index is 1.77. The van der Waals surface area contributed by atoms with Crippen molar-refractivity contribution in [3.05, 3.63) is 22.4 Å². The molecule has 0 spiro atoms. The molecule has 1 aromatic heterocycles. The number of nitrogens with one attached hydrogen (secondary N) is 1. The first kappa shape index (κ1) is 18.9. The van der Waals surface area contributed by atoms with E-state index in [0.717, 1.165) is 24.4 Å². The monoisotopic (exact) mass is 352 g/mol. The standard InChI is InChI=1S/C17H28N4O2S/c1-3-21(10-15(22)19-9-14-5-4-8-24-14)16(23)11-20-7-6-17(2,12-18)13-20/h4-5,8H,3,6-7,9-13,18H2,1-2H3,(H,19,22). The van der Waals surface area contributed by atoms with Gasteiger partial charge in [-0.2, -0.15) is 0 Å². The van der Waals surface area contributed by atoms with Gasteiger partial charge in [-0.3, -0.25) is 14.5 Å². The molecule has 7 heteroatoms. The highest BCUT2D eigenvalue weighted by atomic mass is 32.1. The molecule has 2 amide bonds. The number of carbonyl (C=O) groups is 2. The summed E-state index contributed by atoms with van der Waals surface area (Å²) >= 11 is 1.61. The minimum absolute atomic E-state index is 0.00467. The molecule has 2 heterocycles. The molecule has 1 fully saturated rings. The van der Waals surface area contributed by atoms with Crippen LogP contribution in [-0.2, 0) is 16.1 Å². The van der Waals surface area contributed by atoms with Crippen molar-refractivity contribution in [3.63, 3.8) is 0 Å². The average molecular weight is 353 g/mol. The number of likely N-dealkylation sites (N-methyl/N-ethyl adjacent to an activating group) is 1. The Morgan fingerprint density at radius 3 is 2.88 bits per heavy atom. The molecule has 0 radical (unpaired) electrons. The third-order valence-electron chi connectivity index (χ3n) is 4.60. The van der Waals surface area contributed by atoms with Crippen LogP contribution in [0.2, 0.25) is 0 Å². The van der Waals surface area contributed by atoms with Gasteiger partial charge in [0.2, 0.25) is 11.8 Å². The highest BCUT2D eigenvalue weighted by Crippen LogP contribution is 2.28.